The van der Waals surface area contributed by atoms with Crippen molar-refractivity contribution in [1.29, 1.82) is 0 Å². The van der Waals surface area contributed by atoms with Gasteiger partial charge in [-0.25, -0.2) is 9.78 Å². The Morgan fingerprint density at radius 3 is 2.67 bits per heavy atom. The number of alkyl carbamates (subject to hydrolysis) is 1. The van der Waals surface area contributed by atoms with Gasteiger partial charge < -0.3 is 25.4 Å². The fourth-order valence-corrected chi connectivity index (χ4v) is 6.17. The molecule has 1 saturated heterocycles. The molecule has 1 fully saturated rings. The van der Waals surface area contributed by atoms with Gasteiger partial charge in [0, 0.05) is 49.4 Å². The smallest absolute Gasteiger partial charge is 0.406 e. The molecule has 0 unspecified atom stereocenters. The van der Waals surface area contributed by atoms with E-state index in [4.69, 9.17) is 16.3 Å². The molecule has 1 aromatic heterocycles. The maximum Gasteiger partial charge on any atom is 0.406 e. The number of aryl methyl sites for hydroxylation is 1. The number of carbonyl (C=O) groups is 2. The van der Waals surface area contributed by atoms with E-state index < -0.39 is 11.7 Å². The molecule has 9 heteroatoms. The number of hydrogen-bond donors (Lipinski definition) is 3. The molecule has 2 atom stereocenters. The van der Waals surface area contributed by atoms with Crippen LogP contribution in [0.15, 0.2) is 60.8 Å². The molecule has 0 aliphatic carbocycles. The van der Waals surface area contributed by atoms with Crippen molar-refractivity contribution >= 4 is 23.6 Å². The Labute approximate surface area is 253 Å². The van der Waals surface area contributed by atoms with E-state index in [9.17, 15) is 14.7 Å². The highest BCUT2D eigenvalue weighted by molar-refractivity contribution is 6.32. The number of amides is 2. The van der Waals surface area contributed by atoms with Gasteiger partial charge in [0.2, 0.25) is 0 Å². The second kappa shape index (κ2) is 14.6. The normalized spacial score (nSPS) is 16.5. The molecule has 42 heavy (non-hydrogen) atoms. The van der Waals surface area contributed by atoms with E-state index in [1.165, 1.54) is 7.11 Å². The number of benzene rings is 2. The van der Waals surface area contributed by atoms with E-state index in [1.54, 1.807) is 6.20 Å². The van der Waals surface area contributed by atoms with Crippen LogP contribution in [-0.4, -0.2) is 60.8 Å². The van der Waals surface area contributed by atoms with Crippen molar-refractivity contribution in [3.8, 4) is 11.1 Å². The van der Waals surface area contributed by atoms with Crippen molar-refractivity contribution in [2.75, 3.05) is 33.8 Å². The van der Waals surface area contributed by atoms with E-state index in [0.717, 1.165) is 42.5 Å². The zero-order valence-electron chi connectivity index (χ0n) is 24.7. The molecule has 4 rings (SSSR count). The first-order valence-corrected chi connectivity index (χ1v) is 15.0. The lowest BCUT2D eigenvalue weighted by atomic mass is 9.72. The summed E-state index contributed by atoms with van der Waals surface area (Å²) < 4.78 is 4.72. The number of nitrogens with zero attached hydrogens (tertiary/aromatic N) is 2. The summed E-state index contributed by atoms with van der Waals surface area (Å²) >= 11 is 6.76. The van der Waals surface area contributed by atoms with Gasteiger partial charge in [0.15, 0.2) is 0 Å². The van der Waals surface area contributed by atoms with Crippen LogP contribution in [-0.2, 0) is 23.3 Å². The Kier molecular flexibility index (Phi) is 11.0. The van der Waals surface area contributed by atoms with Gasteiger partial charge in [-0.05, 0) is 79.6 Å². The molecule has 2 heterocycles. The van der Waals surface area contributed by atoms with Crippen molar-refractivity contribution < 1.29 is 19.4 Å². The third-order valence-electron chi connectivity index (χ3n) is 8.15. The highest BCUT2D eigenvalue weighted by atomic mass is 35.5. The molecule has 0 spiro atoms. The monoisotopic (exact) mass is 592 g/mol. The van der Waals surface area contributed by atoms with Gasteiger partial charge >= 0.3 is 6.09 Å². The predicted octanol–water partition coefficient (Wildman–Crippen LogP) is 5.56. The number of hydrogen-bond acceptors (Lipinski definition) is 6. The largest absolute Gasteiger partial charge is 0.453 e. The molecular formula is C33H41ClN4O4. The number of piperidine rings is 1. The van der Waals surface area contributed by atoms with Gasteiger partial charge in [-0.1, -0.05) is 54.9 Å². The summed E-state index contributed by atoms with van der Waals surface area (Å²) in [6.45, 7) is 4.18. The number of carbonyl (C=O) groups excluding carboxylic acids is 2. The number of ether oxygens (including phenoxy) is 1. The van der Waals surface area contributed by atoms with Crippen LogP contribution in [0.25, 0.3) is 11.1 Å². The lowest BCUT2D eigenvalue weighted by Crippen LogP contribution is -2.48. The number of halogens is 1. The van der Waals surface area contributed by atoms with Crippen LogP contribution in [0, 0.1) is 5.92 Å². The Morgan fingerprint density at radius 2 is 1.95 bits per heavy atom. The number of likely N-dealkylation sites (tertiary alicyclic amines) is 1. The van der Waals surface area contributed by atoms with E-state index in [0.29, 0.717) is 54.3 Å². The van der Waals surface area contributed by atoms with Crippen LogP contribution in [0.5, 0.6) is 0 Å². The first-order chi connectivity index (χ1) is 20.3. The van der Waals surface area contributed by atoms with Gasteiger partial charge in [0.25, 0.3) is 5.91 Å². The number of rotatable bonds is 11. The predicted molar refractivity (Wildman–Crippen MR) is 165 cm³/mol. The van der Waals surface area contributed by atoms with E-state index in [1.807, 2.05) is 54.4 Å². The van der Waals surface area contributed by atoms with Gasteiger partial charge in [0.1, 0.15) is 5.15 Å². The topological polar surface area (TPSA) is 104 Å². The van der Waals surface area contributed by atoms with Crippen LogP contribution < -0.4 is 10.6 Å². The molecule has 1 aliphatic rings. The van der Waals surface area contributed by atoms with Gasteiger partial charge in [-0.3, -0.25) is 4.79 Å². The standard InChI is InChI=1S/C33H41ClN4O4/c1-4-23-8-5-9-26(20-23)29-28(15-18-36-30(29)34)33(41,16-7-17-37-32(40)42-3)27-10-6-19-38(22-27)31(39)25-13-11-24(12-14-25)21-35-2/h5,8-9,11-15,18,20,27,35,41H,4,6-7,10,16-17,19,21-22H2,1-3H3,(H,37,40)/t27-,33+/m1/s1. The van der Waals surface area contributed by atoms with Gasteiger partial charge in [-0.2, -0.15) is 0 Å². The molecule has 2 aromatic carbocycles. The lowest BCUT2D eigenvalue weighted by molar-refractivity contribution is -0.0563. The summed E-state index contributed by atoms with van der Waals surface area (Å²) in [5.74, 6) is -0.308. The van der Waals surface area contributed by atoms with E-state index >= 15 is 0 Å². The minimum absolute atomic E-state index is 0.0472. The molecule has 3 N–H and O–H groups in total. The van der Waals surface area contributed by atoms with Crippen molar-refractivity contribution in [3.63, 3.8) is 0 Å². The Morgan fingerprint density at radius 1 is 1.17 bits per heavy atom. The first kappa shape index (κ1) is 31.5. The Hall–Kier alpha value is -3.46. The minimum atomic E-state index is -1.34. The van der Waals surface area contributed by atoms with Gasteiger partial charge in [0.05, 0.1) is 12.7 Å². The number of aliphatic hydroxyl groups is 1. The van der Waals surface area contributed by atoms with Crippen molar-refractivity contribution in [3.05, 3.63) is 88.2 Å². The molecule has 3 aromatic rings. The fraction of sp³-hybridized carbons (Fsp3) is 0.424. The molecule has 0 radical (unpaired) electrons. The molecule has 0 bridgehead atoms. The van der Waals surface area contributed by atoms with Crippen molar-refractivity contribution in [2.45, 2.75) is 51.2 Å². The third-order valence-corrected chi connectivity index (χ3v) is 8.44. The quantitative estimate of drug-likeness (QED) is 0.199. The second-order valence-corrected chi connectivity index (χ2v) is 11.2. The maximum absolute atomic E-state index is 13.6. The van der Waals surface area contributed by atoms with E-state index in [2.05, 4.69) is 34.7 Å². The lowest BCUT2D eigenvalue weighted by Gasteiger charge is -2.43. The summed E-state index contributed by atoms with van der Waals surface area (Å²) in [6.07, 6.45) is 4.32. The molecule has 8 nitrogen and oxygen atoms in total. The van der Waals surface area contributed by atoms with Crippen molar-refractivity contribution in [1.82, 2.24) is 20.5 Å². The number of nitrogens with one attached hydrogen (secondary N) is 2. The minimum Gasteiger partial charge on any atom is -0.453 e. The summed E-state index contributed by atoms with van der Waals surface area (Å²) in [6, 6.07) is 17.6. The summed E-state index contributed by atoms with van der Waals surface area (Å²) in [5, 5.41) is 18.9. The second-order valence-electron chi connectivity index (χ2n) is 10.8. The Balaban J connectivity index is 1.69. The summed E-state index contributed by atoms with van der Waals surface area (Å²) in [7, 11) is 3.21. The van der Waals surface area contributed by atoms with Crippen LogP contribution in [0.2, 0.25) is 5.15 Å². The number of aromatic nitrogens is 1. The fourth-order valence-electron chi connectivity index (χ4n) is 5.90. The molecular weight excluding hydrogens is 552 g/mol. The zero-order valence-corrected chi connectivity index (χ0v) is 25.4. The summed E-state index contributed by atoms with van der Waals surface area (Å²) in [5.41, 5.74) is 3.82. The SMILES string of the molecule is CCc1cccc(-c2c([C@](O)(CCCNC(=O)OC)[C@@H]3CCCN(C(=O)c4ccc(CNC)cc4)C3)ccnc2Cl)c1. The third kappa shape index (κ3) is 7.30. The van der Waals surface area contributed by atoms with Crippen LogP contribution in [0.4, 0.5) is 4.79 Å². The zero-order chi connectivity index (χ0) is 30.1. The van der Waals surface area contributed by atoms with E-state index in [-0.39, 0.29) is 11.8 Å². The average molecular weight is 593 g/mol. The maximum atomic E-state index is 13.6. The Bertz CT molecular complexity index is 1370. The molecule has 2 amide bonds. The number of methoxy groups -OCH3 is 1. The van der Waals surface area contributed by atoms with Crippen LogP contribution >= 0.6 is 11.6 Å². The average Bonchev–Trinajstić information content (AvgIpc) is 3.03. The van der Waals surface area contributed by atoms with Crippen LogP contribution in [0.1, 0.15) is 59.7 Å². The molecule has 0 saturated carbocycles. The number of pyridine rings is 1. The van der Waals surface area contributed by atoms with Gasteiger partial charge in [-0.15, -0.1) is 0 Å². The highest BCUT2D eigenvalue weighted by Crippen LogP contribution is 2.45. The highest BCUT2D eigenvalue weighted by Gasteiger charge is 2.43. The first-order valence-electron chi connectivity index (χ1n) is 14.6. The summed E-state index contributed by atoms with van der Waals surface area (Å²) in [4.78, 5) is 31.5. The molecule has 1 aliphatic heterocycles. The van der Waals surface area contributed by atoms with Crippen LogP contribution in [0.3, 0.4) is 0 Å². The molecule has 224 valence electrons. The van der Waals surface area contributed by atoms with Crippen molar-refractivity contribution in [2.24, 2.45) is 5.92 Å².